The van der Waals surface area contributed by atoms with Crippen LogP contribution >= 0.6 is 0 Å². The number of fused-ring (bicyclic) bond motifs is 1. The first-order chi connectivity index (χ1) is 19.0. The number of aromatic nitrogens is 6. The Kier molecular flexibility index (Phi) is 5.40. The van der Waals surface area contributed by atoms with Gasteiger partial charge in [0, 0.05) is 35.4 Å². The van der Waals surface area contributed by atoms with Gasteiger partial charge >= 0.3 is 0 Å². The number of hydrogen-bond donors (Lipinski definition) is 2. The van der Waals surface area contributed by atoms with Crippen LogP contribution in [-0.4, -0.2) is 41.8 Å². The molecule has 9 nitrogen and oxygen atoms in total. The van der Waals surface area contributed by atoms with E-state index in [4.69, 9.17) is 4.98 Å². The summed E-state index contributed by atoms with van der Waals surface area (Å²) >= 11 is 0. The molecule has 1 aliphatic heterocycles. The van der Waals surface area contributed by atoms with Crippen molar-refractivity contribution in [3.8, 4) is 22.5 Å². The number of carbonyl (C=O) groups is 1. The molecule has 2 N–H and O–H groups in total. The summed E-state index contributed by atoms with van der Waals surface area (Å²) in [7, 11) is 0. The molecule has 2 aliphatic rings. The highest BCUT2D eigenvalue weighted by atomic mass is 16.2. The van der Waals surface area contributed by atoms with Crippen molar-refractivity contribution in [3.05, 3.63) is 83.7 Å². The Morgan fingerprint density at radius 1 is 0.974 bits per heavy atom. The number of amides is 1. The van der Waals surface area contributed by atoms with Crippen LogP contribution in [0.1, 0.15) is 56.0 Å². The summed E-state index contributed by atoms with van der Waals surface area (Å²) in [6.07, 6.45) is 2.76. The van der Waals surface area contributed by atoms with Crippen LogP contribution in [0.4, 0.5) is 0 Å². The largest absolute Gasteiger partial charge is 0.323 e. The van der Waals surface area contributed by atoms with E-state index in [-0.39, 0.29) is 11.3 Å². The highest BCUT2D eigenvalue weighted by molar-refractivity contribution is 6.09. The van der Waals surface area contributed by atoms with E-state index in [9.17, 15) is 4.79 Å². The van der Waals surface area contributed by atoms with E-state index in [0.717, 1.165) is 51.4 Å². The topological polar surface area (TPSA) is 114 Å². The average Bonchev–Trinajstić information content (AvgIpc) is 3.50. The quantitative estimate of drug-likeness (QED) is 0.328. The van der Waals surface area contributed by atoms with Gasteiger partial charge in [0.15, 0.2) is 0 Å². The van der Waals surface area contributed by atoms with Crippen LogP contribution in [0.3, 0.4) is 0 Å². The zero-order chi connectivity index (χ0) is 26.6. The van der Waals surface area contributed by atoms with Crippen LogP contribution in [0.15, 0.2) is 71.8 Å². The Morgan fingerprint density at radius 2 is 1.74 bits per heavy atom. The summed E-state index contributed by atoms with van der Waals surface area (Å²) in [6, 6.07) is 23.1. The smallest absolute Gasteiger partial charge is 0.241 e. The van der Waals surface area contributed by atoms with E-state index < -0.39 is 0 Å². The van der Waals surface area contributed by atoms with Gasteiger partial charge in [-0.2, -0.15) is 10.3 Å². The van der Waals surface area contributed by atoms with Crippen LogP contribution in [-0.2, 0) is 11.3 Å². The summed E-state index contributed by atoms with van der Waals surface area (Å²) < 4.78 is 2.35. The molecule has 0 radical (unpaired) electrons. The highest BCUT2D eigenvalue weighted by Gasteiger charge is 2.34. The molecule has 0 atom stereocenters. The number of hydrogen-bond acceptors (Lipinski definition) is 6. The van der Waals surface area contributed by atoms with Crippen molar-refractivity contribution in [1.29, 1.82) is 0 Å². The molecule has 1 amide bonds. The minimum absolute atomic E-state index is 0.0470. The van der Waals surface area contributed by atoms with Gasteiger partial charge in [-0.15, -0.1) is 10.2 Å². The molecule has 3 heterocycles. The van der Waals surface area contributed by atoms with Crippen LogP contribution < -0.4 is 5.43 Å². The molecule has 0 unspecified atom stereocenters. The Balaban J connectivity index is 1.24. The maximum Gasteiger partial charge on any atom is 0.241 e. The first-order valence-corrected chi connectivity index (χ1v) is 13.3. The average molecular weight is 517 g/mol. The number of tetrazole rings is 1. The molecular weight excluding hydrogens is 488 g/mol. The Bertz CT molecular complexity index is 1730. The molecule has 1 saturated carbocycles. The number of imidazole rings is 1. The molecule has 0 spiro atoms. The zero-order valence-electron chi connectivity index (χ0n) is 21.8. The minimum Gasteiger partial charge on any atom is -0.323 e. The molecule has 9 heteroatoms. The van der Waals surface area contributed by atoms with E-state index >= 15 is 0 Å². The Hall–Kier alpha value is -4.66. The second-order valence-electron chi connectivity index (χ2n) is 11.1. The highest BCUT2D eigenvalue weighted by Crippen LogP contribution is 2.41. The van der Waals surface area contributed by atoms with Gasteiger partial charge in [0.1, 0.15) is 5.82 Å². The van der Waals surface area contributed by atoms with E-state index in [1.165, 1.54) is 18.4 Å². The molecular formula is C30H28N8O. The lowest BCUT2D eigenvalue weighted by Gasteiger charge is -2.29. The molecule has 39 heavy (non-hydrogen) atoms. The van der Waals surface area contributed by atoms with E-state index in [1.807, 2.05) is 18.2 Å². The number of aromatic amines is 1. The predicted octanol–water partition coefficient (Wildman–Crippen LogP) is 5.06. The van der Waals surface area contributed by atoms with E-state index in [1.54, 1.807) is 0 Å². The minimum atomic E-state index is -0.339. The number of carbonyl (C=O) groups excluding carboxylic acids is 1. The lowest BCUT2D eigenvalue weighted by molar-refractivity contribution is -0.122. The normalized spacial score (nSPS) is 16.8. The predicted molar refractivity (Wildman–Crippen MR) is 149 cm³/mol. The molecule has 1 aliphatic carbocycles. The Morgan fingerprint density at radius 3 is 2.46 bits per heavy atom. The van der Waals surface area contributed by atoms with E-state index in [2.05, 4.69) is 98.1 Å². The number of hydrazone groups is 1. The summed E-state index contributed by atoms with van der Waals surface area (Å²) in [5, 5.41) is 19.0. The second kappa shape index (κ2) is 8.97. The molecule has 1 fully saturated rings. The molecule has 3 aromatic carbocycles. The summed E-state index contributed by atoms with van der Waals surface area (Å²) in [5.74, 6) is 2.18. The van der Waals surface area contributed by atoms with Crippen molar-refractivity contribution in [2.24, 2.45) is 10.5 Å². The van der Waals surface area contributed by atoms with Crippen molar-refractivity contribution in [2.45, 2.75) is 45.6 Å². The molecule has 194 valence electrons. The van der Waals surface area contributed by atoms with Crippen molar-refractivity contribution in [2.75, 3.05) is 0 Å². The van der Waals surface area contributed by atoms with Crippen LogP contribution in [0.2, 0.25) is 0 Å². The molecule has 2 aromatic heterocycles. The van der Waals surface area contributed by atoms with Gasteiger partial charge < -0.3 is 4.57 Å². The fraction of sp³-hybridized carbons (Fsp3) is 0.267. The van der Waals surface area contributed by atoms with Crippen molar-refractivity contribution >= 4 is 22.7 Å². The molecule has 5 aromatic rings. The number of H-pyrrole nitrogens is 1. The van der Waals surface area contributed by atoms with Gasteiger partial charge in [-0.1, -0.05) is 68.4 Å². The molecule has 0 bridgehead atoms. The third-order valence-corrected chi connectivity index (χ3v) is 7.65. The number of nitrogens with one attached hydrogen (secondary N) is 2. The lowest BCUT2D eigenvalue weighted by atomic mass is 9.79. The van der Waals surface area contributed by atoms with Gasteiger partial charge in [-0.05, 0) is 46.9 Å². The maximum atomic E-state index is 12.0. The maximum absolute atomic E-state index is 12.0. The third kappa shape index (κ3) is 4.29. The van der Waals surface area contributed by atoms with Gasteiger partial charge in [-0.25, -0.2) is 10.4 Å². The van der Waals surface area contributed by atoms with Gasteiger partial charge in [0.05, 0.1) is 16.7 Å². The standard InChI is InChI=1S/C30H28N8O/c1-30(2)16-26(39)32-33-27(30)21-13-14-24-25(15-21)38(29(31-24)20-11-12-20)17-18-7-9-19(10-8-18)22-5-3-4-6-23(22)28-34-36-37-35-28/h3-10,13-15,20H,11-12,16-17H2,1-2H3,(H,32,39)(H,34,35,36,37). The van der Waals surface area contributed by atoms with Crippen LogP contribution in [0.5, 0.6) is 0 Å². The van der Waals surface area contributed by atoms with Gasteiger partial charge in [0.25, 0.3) is 0 Å². The van der Waals surface area contributed by atoms with E-state index in [0.29, 0.717) is 18.2 Å². The fourth-order valence-corrected chi connectivity index (χ4v) is 5.54. The molecule has 0 saturated heterocycles. The summed E-state index contributed by atoms with van der Waals surface area (Å²) in [5.41, 5.74) is 10.6. The summed E-state index contributed by atoms with van der Waals surface area (Å²) in [4.78, 5) is 17.0. The SMILES string of the molecule is CC1(C)CC(=O)NN=C1c1ccc2nc(C3CC3)n(Cc3ccc(-c4ccccc4-c4nn[nH]n4)cc3)c2c1. The Labute approximate surface area is 225 Å². The van der Waals surface area contributed by atoms with Gasteiger partial charge in [0.2, 0.25) is 11.7 Å². The van der Waals surface area contributed by atoms with Crippen molar-refractivity contribution in [3.63, 3.8) is 0 Å². The van der Waals surface area contributed by atoms with Crippen LogP contribution in [0, 0.1) is 5.41 Å². The molecule has 7 rings (SSSR count). The van der Waals surface area contributed by atoms with Crippen molar-refractivity contribution < 1.29 is 4.79 Å². The number of rotatable bonds is 6. The number of benzene rings is 3. The lowest BCUT2D eigenvalue weighted by Crippen LogP contribution is -2.39. The third-order valence-electron chi connectivity index (χ3n) is 7.65. The van der Waals surface area contributed by atoms with Gasteiger partial charge in [-0.3, -0.25) is 4.79 Å². The second-order valence-corrected chi connectivity index (χ2v) is 11.1. The number of nitrogens with zero attached hydrogens (tertiary/aromatic N) is 6. The van der Waals surface area contributed by atoms with Crippen molar-refractivity contribution in [1.82, 2.24) is 35.6 Å². The van der Waals surface area contributed by atoms with Crippen LogP contribution in [0.25, 0.3) is 33.5 Å². The first-order valence-electron chi connectivity index (χ1n) is 13.3. The monoisotopic (exact) mass is 516 g/mol. The first kappa shape index (κ1) is 23.5. The zero-order valence-corrected chi connectivity index (χ0v) is 21.8. The fourth-order valence-electron chi connectivity index (χ4n) is 5.54. The summed E-state index contributed by atoms with van der Waals surface area (Å²) in [6.45, 7) is 4.87.